The van der Waals surface area contributed by atoms with E-state index in [-0.39, 0.29) is 6.04 Å². The van der Waals surface area contributed by atoms with E-state index in [2.05, 4.69) is 58.4 Å². The number of hydrogen-bond donors (Lipinski definition) is 2. The predicted molar refractivity (Wildman–Crippen MR) is 93.5 cm³/mol. The minimum absolute atomic E-state index is 0.0455. The minimum atomic E-state index is -0.0455. The molecule has 2 heterocycles. The summed E-state index contributed by atoms with van der Waals surface area (Å²) >= 11 is 0. The van der Waals surface area contributed by atoms with Crippen LogP contribution in [-0.4, -0.2) is 15.0 Å². The van der Waals surface area contributed by atoms with Crippen LogP contribution in [0.5, 0.6) is 0 Å². The maximum absolute atomic E-state index is 4.42. The molecule has 118 valence electrons. The average molecular weight is 306 g/mol. The number of aromatic amines is 1. The van der Waals surface area contributed by atoms with Crippen molar-refractivity contribution in [1.29, 1.82) is 0 Å². The molecule has 0 saturated heterocycles. The van der Waals surface area contributed by atoms with Gasteiger partial charge in [-0.15, -0.1) is 0 Å². The maximum atomic E-state index is 4.42. The molecule has 0 radical (unpaired) electrons. The van der Waals surface area contributed by atoms with Crippen molar-refractivity contribution >= 4 is 5.69 Å². The van der Waals surface area contributed by atoms with E-state index < -0.39 is 0 Å². The third-order valence-corrected chi connectivity index (χ3v) is 4.09. The first kappa shape index (κ1) is 15.3. The topological polar surface area (TPSA) is 53.6 Å². The normalized spacial score (nSPS) is 12.1. The van der Waals surface area contributed by atoms with Gasteiger partial charge in [0.15, 0.2) is 0 Å². The number of nitrogens with one attached hydrogen (secondary N) is 2. The maximum Gasteiger partial charge on any atom is 0.133 e. The number of rotatable bonds is 6. The molecule has 0 fully saturated rings. The van der Waals surface area contributed by atoms with Crippen LogP contribution in [0.2, 0.25) is 0 Å². The molecule has 0 saturated carbocycles. The fourth-order valence-corrected chi connectivity index (χ4v) is 2.85. The second kappa shape index (κ2) is 7.09. The molecule has 3 aromatic rings. The van der Waals surface area contributed by atoms with Gasteiger partial charge in [0.1, 0.15) is 11.9 Å². The highest BCUT2D eigenvalue weighted by Crippen LogP contribution is 2.25. The molecule has 0 unspecified atom stereocenters. The van der Waals surface area contributed by atoms with Gasteiger partial charge in [-0.25, -0.2) is 4.98 Å². The van der Waals surface area contributed by atoms with Crippen molar-refractivity contribution in [2.75, 3.05) is 5.32 Å². The van der Waals surface area contributed by atoms with Gasteiger partial charge in [0, 0.05) is 36.0 Å². The van der Waals surface area contributed by atoms with Gasteiger partial charge in [0.25, 0.3) is 0 Å². The second-order valence-electron chi connectivity index (χ2n) is 5.53. The number of nitrogens with zero attached hydrogens (tertiary/aromatic N) is 2. The van der Waals surface area contributed by atoms with Crippen molar-refractivity contribution in [3.8, 4) is 0 Å². The van der Waals surface area contributed by atoms with Gasteiger partial charge < -0.3 is 10.3 Å². The van der Waals surface area contributed by atoms with E-state index in [4.69, 9.17) is 0 Å². The summed E-state index contributed by atoms with van der Waals surface area (Å²) < 4.78 is 0. The quantitative estimate of drug-likeness (QED) is 0.720. The Bertz CT molecular complexity index is 735. The highest BCUT2D eigenvalue weighted by molar-refractivity contribution is 5.51. The Labute approximate surface area is 137 Å². The summed E-state index contributed by atoms with van der Waals surface area (Å²) in [5.74, 6) is 0.885. The molecule has 0 aliphatic carbocycles. The summed E-state index contributed by atoms with van der Waals surface area (Å²) in [6.07, 6.45) is 9.38. The molecule has 4 nitrogen and oxygen atoms in total. The van der Waals surface area contributed by atoms with Gasteiger partial charge in [-0.1, -0.05) is 26.0 Å². The van der Waals surface area contributed by atoms with Gasteiger partial charge in [-0.05, 0) is 42.2 Å². The van der Waals surface area contributed by atoms with E-state index in [0.29, 0.717) is 0 Å². The van der Waals surface area contributed by atoms with Crippen molar-refractivity contribution in [1.82, 2.24) is 15.0 Å². The molecule has 0 spiro atoms. The Morgan fingerprint density at radius 3 is 2.61 bits per heavy atom. The molecule has 1 atom stereocenters. The number of anilines is 1. The largest absolute Gasteiger partial charge is 0.371 e. The standard InChI is InChI=1S/C19H22N4/c1-3-14-7-8-17(12-15(14)4-2)23-18(19-21-10-11-22-19)16-6-5-9-20-13-16/h5-13,18,23H,3-4H2,1-2H3,(H,21,22)/t18-/m0/s1. The lowest BCUT2D eigenvalue weighted by molar-refractivity contribution is 0.847. The van der Waals surface area contributed by atoms with Crippen LogP contribution in [0.25, 0.3) is 0 Å². The summed E-state index contributed by atoms with van der Waals surface area (Å²) in [5.41, 5.74) is 4.99. The first-order chi connectivity index (χ1) is 11.3. The van der Waals surface area contributed by atoms with Crippen LogP contribution < -0.4 is 5.32 Å². The molecule has 0 amide bonds. The Morgan fingerprint density at radius 2 is 1.96 bits per heavy atom. The van der Waals surface area contributed by atoms with Crippen LogP contribution in [0.15, 0.2) is 55.1 Å². The van der Waals surface area contributed by atoms with E-state index in [1.807, 2.05) is 18.5 Å². The molecule has 4 heteroatoms. The van der Waals surface area contributed by atoms with Crippen LogP contribution in [0.3, 0.4) is 0 Å². The summed E-state index contributed by atoms with van der Waals surface area (Å²) in [5, 5.41) is 3.59. The molecule has 0 bridgehead atoms. The van der Waals surface area contributed by atoms with Gasteiger partial charge in [-0.2, -0.15) is 0 Å². The van der Waals surface area contributed by atoms with Crippen LogP contribution in [0, 0.1) is 0 Å². The molecule has 0 aliphatic rings. The van der Waals surface area contributed by atoms with Gasteiger partial charge in [0.05, 0.1) is 0 Å². The average Bonchev–Trinajstić information content (AvgIpc) is 3.14. The lowest BCUT2D eigenvalue weighted by Gasteiger charge is -2.19. The number of imidazole rings is 1. The summed E-state index contributed by atoms with van der Waals surface area (Å²) in [4.78, 5) is 11.9. The Kier molecular flexibility index (Phi) is 4.71. The fourth-order valence-electron chi connectivity index (χ4n) is 2.85. The van der Waals surface area contributed by atoms with Crippen molar-refractivity contribution in [3.63, 3.8) is 0 Å². The SMILES string of the molecule is CCc1ccc(N[C@@H](c2cccnc2)c2ncc[nH]2)cc1CC. The van der Waals surface area contributed by atoms with Crippen molar-refractivity contribution in [2.24, 2.45) is 0 Å². The number of benzene rings is 1. The number of pyridine rings is 1. The first-order valence-corrected chi connectivity index (χ1v) is 8.09. The lowest BCUT2D eigenvalue weighted by atomic mass is 10.0. The molecular weight excluding hydrogens is 284 g/mol. The molecule has 1 aromatic carbocycles. The molecule has 2 N–H and O–H groups in total. The third kappa shape index (κ3) is 3.42. The predicted octanol–water partition coefficient (Wildman–Crippen LogP) is 4.13. The molecule has 23 heavy (non-hydrogen) atoms. The van der Waals surface area contributed by atoms with E-state index >= 15 is 0 Å². The zero-order valence-corrected chi connectivity index (χ0v) is 13.6. The zero-order chi connectivity index (χ0) is 16.1. The zero-order valence-electron chi connectivity index (χ0n) is 13.6. The first-order valence-electron chi connectivity index (χ1n) is 8.09. The van der Waals surface area contributed by atoms with Crippen LogP contribution >= 0.6 is 0 Å². The van der Waals surface area contributed by atoms with Gasteiger partial charge in [0.2, 0.25) is 0 Å². The van der Waals surface area contributed by atoms with Crippen molar-refractivity contribution in [3.05, 3.63) is 77.6 Å². The molecular formula is C19H22N4. The summed E-state index contributed by atoms with van der Waals surface area (Å²) in [6.45, 7) is 4.40. The Morgan fingerprint density at radius 1 is 1.09 bits per heavy atom. The lowest BCUT2D eigenvalue weighted by Crippen LogP contribution is -2.14. The van der Waals surface area contributed by atoms with Crippen molar-refractivity contribution in [2.45, 2.75) is 32.7 Å². The molecule has 3 rings (SSSR count). The van der Waals surface area contributed by atoms with Gasteiger partial charge in [-0.3, -0.25) is 4.98 Å². The Hall–Kier alpha value is -2.62. The minimum Gasteiger partial charge on any atom is -0.371 e. The number of H-pyrrole nitrogens is 1. The van der Waals surface area contributed by atoms with Crippen molar-refractivity contribution < 1.29 is 0 Å². The van der Waals surface area contributed by atoms with Gasteiger partial charge >= 0.3 is 0 Å². The second-order valence-corrected chi connectivity index (χ2v) is 5.53. The van der Waals surface area contributed by atoms with Crippen LogP contribution in [0.1, 0.15) is 42.4 Å². The highest BCUT2D eigenvalue weighted by Gasteiger charge is 2.17. The van der Waals surface area contributed by atoms with Crippen LogP contribution in [-0.2, 0) is 12.8 Å². The summed E-state index contributed by atoms with van der Waals surface area (Å²) in [7, 11) is 0. The highest BCUT2D eigenvalue weighted by atomic mass is 15.0. The van der Waals surface area contributed by atoms with E-state index in [1.54, 1.807) is 12.4 Å². The Balaban J connectivity index is 1.93. The number of aromatic nitrogens is 3. The summed E-state index contributed by atoms with van der Waals surface area (Å²) in [6, 6.07) is 10.6. The molecule has 0 aliphatic heterocycles. The van der Waals surface area contributed by atoms with E-state index in [0.717, 1.165) is 29.9 Å². The van der Waals surface area contributed by atoms with Crippen LogP contribution in [0.4, 0.5) is 5.69 Å². The third-order valence-electron chi connectivity index (χ3n) is 4.09. The number of hydrogen-bond acceptors (Lipinski definition) is 3. The monoisotopic (exact) mass is 306 g/mol. The fraction of sp³-hybridized carbons (Fsp3) is 0.263. The van der Waals surface area contributed by atoms with E-state index in [1.165, 1.54) is 11.1 Å². The smallest absolute Gasteiger partial charge is 0.133 e. The molecule has 2 aromatic heterocycles. The van der Waals surface area contributed by atoms with E-state index in [9.17, 15) is 0 Å². The number of aryl methyl sites for hydroxylation is 2.